The Morgan fingerprint density at radius 3 is 2.65 bits per heavy atom. The summed E-state index contributed by atoms with van der Waals surface area (Å²) in [6.45, 7) is 11.2. The predicted octanol–water partition coefficient (Wildman–Crippen LogP) is 3.05. The van der Waals surface area contributed by atoms with Crippen molar-refractivity contribution in [1.82, 2.24) is 10.3 Å². The van der Waals surface area contributed by atoms with Crippen LogP contribution in [0.25, 0.3) is 0 Å². The molecule has 0 spiro atoms. The Balaban J connectivity index is 2.03. The highest BCUT2D eigenvalue weighted by Crippen LogP contribution is 2.16. The molecule has 0 saturated heterocycles. The van der Waals surface area contributed by atoms with Crippen LogP contribution < -0.4 is 5.32 Å². The molecule has 0 aliphatic heterocycles. The van der Waals surface area contributed by atoms with Crippen LogP contribution in [0.3, 0.4) is 0 Å². The van der Waals surface area contributed by atoms with E-state index in [1.807, 2.05) is 0 Å². The van der Waals surface area contributed by atoms with Gasteiger partial charge in [-0.05, 0) is 47.1 Å². The lowest BCUT2D eigenvalue weighted by atomic mass is 10.3. The summed E-state index contributed by atoms with van der Waals surface area (Å²) in [6, 6.07) is 0. The number of nitrogens with zero attached hydrogens (tertiary/aromatic N) is 1. The Bertz CT molecular complexity index is 323. The highest BCUT2D eigenvalue weighted by molar-refractivity contribution is 7.11. The van der Waals surface area contributed by atoms with Crippen LogP contribution in [-0.2, 0) is 11.3 Å². The zero-order valence-corrected chi connectivity index (χ0v) is 12.2. The molecule has 0 radical (unpaired) electrons. The van der Waals surface area contributed by atoms with Crippen molar-refractivity contribution in [3.8, 4) is 0 Å². The highest BCUT2D eigenvalue weighted by atomic mass is 32.1. The summed E-state index contributed by atoms with van der Waals surface area (Å²) in [7, 11) is 0. The Kier molecular flexibility index (Phi) is 6.70. The van der Waals surface area contributed by atoms with Gasteiger partial charge in [0.25, 0.3) is 0 Å². The number of ether oxygens (including phenoxy) is 1. The van der Waals surface area contributed by atoms with E-state index in [0.29, 0.717) is 6.10 Å². The first kappa shape index (κ1) is 14.6. The van der Waals surface area contributed by atoms with Gasteiger partial charge < -0.3 is 10.1 Å². The van der Waals surface area contributed by atoms with Crippen molar-refractivity contribution >= 4 is 11.3 Å². The van der Waals surface area contributed by atoms with E-state index in [2.05, 4.69) is 38.0 Å². The average Bonchev–Trinajstić information content (AvgIpc) is 2.55. The fourth-order valence-corrected chi connectivity index (χ4v) is 2.52. The van der Waals surface area contributed by atoms with Crippen LogP contribution in [0.5, 0.6) is 0 Å². The second kappa shape index (κ2) is 7.80. The van der Waals surface area contributed by atoms with Gasteiger partial charge in [0.2, 0.25) is 0 Å². The van der Waals surface area contributed by atoms with Gasteiger partial charge in [-0.2, -0.15) is 0 Å². The standard InChI is InChI=1S/C13H24N2OS/c1-10(2)16-8-6-5-7-14-9-13-11(3)15-12(4)17-13/h10,14H,5-9H2,1-4H3. The molecule has 4 heteroatoms. The fraction of sp³-hybridized carbons (Fsp3) is 0.769. The third-order valence-electron chi connectivity index (χ3n) is 2.48. The van der Waals surface area contributed by atoms with Gasteiger partial charge in [0, 0.05) is 18.0 Å². The molecule has 3 nitrogen and oxygen atoms in total. The summed E-state index contributed by atoms with van der Waals surface area (Å²) < 4.78 is 5.49. The van der Waals surface area contributed by atoms with E-state index in [9.17, 15) is 0 Å². The molecule has 1 aromatic heterocycles. The molecule has 0 fully saturated rings. The maximum atomic E-state index is 5.49. The molecule has 98 valence electrons. The van der Waals surface area contributed by atoms with Crippen molar-refractivity contribution in [1.29, 1.82) is 0 Å². The minimum absolute atomic E-state index is 0.353. The summed E-state index contributed by atoms with van der Waals surface area (Å²) in [5.74, 6) is 0. The van der Waals surface area contributed by atoms with Crippen molar-refractivity contribution in [2.75, 3.05) is 13.2 Å². The molecule has 0 amide bonds. The van der Waals surface area contributed by atoms with Crippen LogP contribution in [0, 0.1) is 13.8 Å². The van der Waals surface area contributed by atoms with Crippen molar-refractivity contribution in [2.24, 2.45) is 0 Å². The van der Waals surface area contributed by atoms with Crippen LogP contribution in [0.4, 0.5) is 0 Å². The van der Waals surface area contributed by atoms with Gasteiger partial charge in [-0.25, -0.2) is 4.98 Å². The second-order valence-corrected chi connectivity index (χ2v) is 5.83. The van der Waals surface area contributed by atoms with E-state index >= 15 is 0 Å². The molecule has 0 bridgehead atoms. The molecule has 1 heterocycles. The fourth-order valence-electron chi connectivity index (χ4n) is 1.61. The van der Waals surface area contributed by atoms with Crippen LogP contribution >= 0.6 is 11.3 Å². The van der Waals surface area contributed by atoms with Gasteiger partial charge in [0.1, 0.15) is 0 Å². The quantitative estimate of drug-likeness (QED) is 0.726. The van der Waals surface area contributed by atoms with Gasteiger partial charge in [-0.3, -0.25) is 0 Å². The monoisotopic (exact) mass is 256 g/mol. The van der Waals surface area contributed by atoms with E-state index < -0.39 is 0 Å². The van der Waals surface area contributed by atoms with Crippen LogP contribution in [-0.4, -0.2) is 24.2 Å². The molecule has 17 heavy (non-hydrogen) atoms. The van der Waals surface area contributed by atoms with Crippen LogP contribution in [0.2, 0.25) is 0 Å². The summed E-state index contributed by atoms with van der Waals surface area (Å²) in [4.78, 5) is 5.78. The van der Waals surface area contributed by atoms with Crippen molar-refractivity contribution in [3.05, 3.63) is 15.6 Å². The molecule has 0 atom stereocenters. The lowest BCUT2D eigenvalue weighted by Crippen LogP contribution is -2.15. The number of rotatable bonds is 8. The molecule has 0 aromatic carbocycles. The first-order chi connectivity index (χ1) is 8.09. The lowest BCUT2D eigenvalue weighted by Gasteiger charge is -2.07. The number of aromatic nitrogens is 1. The normalized spacial score (nSPS) is 11.4. The number of hydrogen-bond donors (Lipinski definition) is 1. The van der Waals surface area contributed by atoms with Gasteiger partial charge in [-0.1, -0.05) is 0 Å². The number of hydrogen-bond acceptors (Lipinski definition) is 4. The van der Waals surface area contributed by atoms with Gasteiger partial charge in [0.15, 0.2) is 0 Å². The summed E-state index contributed by atoms with van der Waals surface area (Å²) >= 11 is 1.79. The zero-order valence-electron chi connectivity index (χ0n) is 11.4. The molecular formula is C13H24N2OS. The summed E-state index contributed by atoms with van der Waals surface area (Å²) in [6.07, 6.45) is 2.65. The van der Waals surface area contributed by atoms with Crippen molar-refractivity contribution in [2.45, 2.75) is 53.2 Å². The Labute approximate surface area is 109 Å². The SMILES string of the molecule is Cc1nc(C)c(CNCCCCOC(C)C)s1. The Hall–Kier alpha value is -0.450. The molecule has 1 aromatic rings. The smallest absolute Gasteiger partial charge is 0.0900 e. The molecule has 1 rings (SSSR count). The maximum absolute atomic E-state index is 5.49. The van der Waals surface area contributed by atoms with Crippen LogP contribution in [0.15, 0.2) is 0 Å². The third kappa shape index (κ3) is 6.15. The summed E-state index contributed by atoms with van der Waals surface area (Å²) in [5, 5.41) is 4.62. The minimum Gasteiger partial charge on any atom is -0.379 e. The third-order valence-corrected chi connectivity index (χ3v) is 3.56. The first-order valence-electron chi connectivity index (χ1n) is 6.35. The van der Waals surface area contributed by atoms with Crippen molar-refractivity contribution < 1.29 is 4.74 Å². The lowest BCUT2D eigenvalue weighted by molar-refractivity contribution is 0.0760. The number of unbranched alkanes of at least 4 members (excludes halogenated alkanes) is 1. The van der Waals surface area contributed by atoms with E-state index in [1.54, 1.807) is 11.3 Å². The van der Waals surface area contributed by atoms with Crippen molar-refractivity contribution in [3.63, 3.8) is 0 Å². The predicted molar refractivity (Wildman–Crippen MR) is 73.6 cm³/mol. The van der Waals surface area contributed by atoms with Gasteiger partial charge in [-0.15, -0.1) is 11.3 Å². The second-order valence-electron chi connectivity index (χ2n) is 4.54. The van der Waals surface area contributed by atoms with Gasteiger partial charge >= 0.3 is 0 Å². The number of thiazole rings is 1. The van der Waals surface area contributed by atoms with E-state index in [0.717, 1.165) is 31.1 Å². The highest BCUT2D eigenvalue weighted by Gasteiger charge is 2.03. The summed E-state index contributed by atoms with van der Waals surface area (Å²) in [5.41, 5.74) is 1.17. The molecule has 1 N–H and O–H groups in total. The minimum atomic E-state index is 0.353. The molecule has 0 aliphatic rings. The first-order valence-corrected chi connectivity index (χ1v) is 7.16. The topological polar surface area (TPSA) is 34.2 Å². The maximum Gasteiger partial charge on any atom is 0.0900 e. The van der Waals surface area contributed by atoms with E-state index in [4.69, 9.17) is 4.74 Å². The van der Waals surface area contributed by atoms with Crippen LogP contribution in [0.1, 0.15) is 42.3 Å². The Morgan fingerprint density at radius 2 is 2.06 bits per heavy atom. The molecule has 0 aliphatic carbocycles. The number of nitrogens with one attached hydrogen (secondary N) is 1. The molecular weight excluding hydrogens is 232 g/mol. The average molecular weight is 256 g/mol. The van der Waals surface area contributed by atoms with Gasteiger partial charge in [0.05, 0.1) is 16.8 Å². The molecule has 0 saturated carbocycles. The largest absolute Gasteiger partial charge is 0.379 e. The number of aryl methyl sites for hydroxylation is 2. The molecule has 0 unspecified atom stereocenters. The Morgan fingerprint density at radius 1 is 1.29 bits per heavy atom. The zero-order chi connectivity index (χ0) is 12.7. The van der Waals surface area contributed by atoms with E-state index in [-0.39, 0.29) is 0 Å². The van der Waals surface area contributed by atoms with E-state index in [1.165, 1.54) is 17.0 Å².